The maximum absolute atomic E-state index is 8.77. The second kappa shape index (κ2) is 6.81. The monoisotopic (exact) mass is 250 g/mol. The molecule has 7 heteroatoms. The lowest BCUT2D eigenvalue weighted by molar-refractivity contribution is -0.677. The van der Waals surface area contributed by atoms with Gasteiger partial charge in [-0.25, -0.2) is 9.13 Å². The molecule has 94 valence electrons. The summed E-state index contributed by atoms with van der Waals surface area (Å²) in [6.07, 6.45) is 6.78. The van der Waals surface area contributed by atoms with Gasteiger partial charge in [0, 0.05) is 6.92 Å². The lowest BCUT2D eigenvalue weighted by Gasteiger charge is -2.01. The number of aryl methyl sites for hydroxylation is 2. The molecule has 1 heterocycles. The molecule has 1 aromatic rings. The van der Waals surface area contributed by atoms with Crippen LogP contribution in [-0.4, -0.2) is 14.4 Å². The minimum Gasteiger partial charge on any atom is -0.756 e. The number of phosphoric acid groups is 1. The molecule has 0 spiro atoms. The van der Waals surface area contributed by atoms with Crippen molar-refractivity contribution in [1.29, 1.82) is 0 Å². The third-order valence-electron chi connectivity index (χ3n) is 2.15. The van der Waals surface area contributed by atoms with E-state index in [1.807, 2.05) is 0 Å². The highest BCUT2D eigenvalue weighted by atomic mass is 31.2. The van der Waals surface area contributed by atoms with E-state index in [0.29, 0.717) is 0 Å². The second-order valence-electron chi connectivity index (χ2n) is 3.49. The van der Waals surface area contributed by atoms with Crippen LogP contribution in [0.2, 0.25) is 0 Å². The fourth-order valence-electron chi connectivity index (χ4n) is 1.16. The van der Waals surface area contributed by atoms with Crippen LogP contribution in [0.3, 0.4) is 0 Å². The molecule has 0 aliphatic heterocycles. The summed E-state index contributed by atoms with van der Waals surface area (Å²) in [4.78, 5) is 22.9. The van der Waals surface area contributed by atoms with Gasteiger partial charge in [-0.15, -0.1) is 0 Å². The Morgan fingerprint density at radius 2 is 2.06 bits per heavy atom. The first-order valence-electron chi connectivity index (χ1n) is 5.03. The van der Waals surface area contributed by atoms with Crippen LogP contribution in [0.5, 0.6) is 0 Å². The Bertz CT molecular complexity index is 350. The Hall–Kier alpha value is -0.680. The summed E-state index contributed by atoms with van der Waals surface area (Å²) in [5.41, 5.74) is 0. The maximum atomic E-state index is 8.77. The Morgan fingerprint density at radius 1 is 1.56 bits per heavy atom. The zero-order valence-corrected chi connectivity index (χ0v) is 10.7. The average molecular weight is 250 g/mol. The predicted molar refractivity (Wildman–Crippen MR) is 57.3 cm³/mol. The summed E-state index contributed by atoms with van der Waals surface area (Å²) >= 11 is 0. The highest BCUT2D eigenvalue weighted by Gasteiger charge is 2.06. The minimum absolute atomic E-state index is 1.16. The van der Waals surface area contributed by atoms with Crippen LogP contribution in [-0.2, 0) is 18.2 Å². The molecular weight excluding hydrogens is 231 g/mol. The van der Waals surface area contributed by atoms with Crippen LogP contribution in [0, 0.1) is 6.92 Å². The minimum atomic E-state index is -4.89. The molecule has 0 saturated carbocycles. The van der Waals surface area contributed by atoms with E-state index in [-0.39, 0.29) is 0 Å². The van der Waals surface area contributed by atoms with E-state index >= 15 is 0 Å². The number of rotatable bonds is 3. The van der Waals surface area contributed by atoms with Crippen LogP contribution in [0.1, 0.15) is 25.6 Å². The van der Waals surface area contributed by atoms with E-state index in [2.05, 4.69) is 42.4 Å². The zero-order valence-electron chi connectivity index (χ0n) is 9.83. The van der Waals surface area contributed by atoms with Crippen molar-refractivity contribution in [3.63, 3.8) is 0 Å². The number of nitrogens with zero attached hydrogens (tertiary/aromatic N) is 2. The van der Waals surface area contributed by atoms with E-state index in [1.165, 1.54) is 18.7 Å². The second-order valence-corrected chi connectivity index (χ2v) is 4.47. The van der Waals surface area contributed by atoms with Crippen molar-refractivity contribution >= 4 is 7.82 Å². The first kappa shape index (κ1) is 15.3. The summed E-state index contributed by atoms with van der Waals surface area (Å²) in [5, 5.41) is 0. The van der Waals surface area contributed by atoms with Crippen LogP contribution in [0.4, 0.5) is 0 Å². The average Bonchev–Trinajstić information content (AvgIpc) is 2.42. The normalized spacial score (nSPS) is 10.9. The van der Waals surface area contributed by atoms with Gasteiger partial charge in [-0.05, 0) is 6.42 Å². The zero-order chi connectivity index (χ0) is 12.8. The molecule has 0 atom stereocenters. The van der Waals surface area contributed by atoms with Crippen molar-refractivity contribution in [3.05, 3.63) is 18.2 Å². The van der Waals surface area contributed by atoms with E-state index in [9.17, 15) is 0 Å². The largest absolute Gasteiger partial charge is 0.756 e. The van der Waals surface area contributed by atoms with Crippen molar-refractivity contribution in [2.24, 2.45) is 7.05 Å². The number of unbranched alkanes of at least 4 members (excludes halogenated alkanes) is 1. The van der Waals surface area contributed by atoms with E-state index in [1.54, 1.807) is 0 Å². The molecule has 1 aromatic heterocycles. The summed E-state index contributed by atoms with van der Waals surface area (Å²) < 4.78 is 13.2. The topological polar surface area (TPSA) is 89.4 Å². The molecule has 0 aromatic carbocycles. The van der Waals surface area contributed by atoms with E-state index < -0.39 is 7.82 Å². The molecule has 0 fully saturated rings. The van der Waals surface area contributed by atoms with Crippen LogP contribution < -0.4 is 9.46 Å². The number of hydrogen-bond donors (Lipinski definition) is 2. The van der Waals surface area contributed by atoms with E-state index in [4.69, 9.17) is 19.2 Å². The van der Waals surface area contributed by atoms with E-state index in [0.717, 1.165) is 6.54 Å². The van der Waals surface area contributed by atoms with Gasteiger partial charge >= 0.3 is 0 Å². The highest BCUT2D eigenvalue weighted by Crippen LogP contribution is 2.18. The highest BCUT2D eigenvalue weighted by molar-refractivity contribution is 7.43. The van der Waals surface area contributed by atoms with Crippen molar-refractivity contribution in [2.45, 2.75) is 33.2 Å². The van der Waals surface area contributed by atoms with Crippen LogP contribution in [0.15, 0.2) is 12.4 Å². The van der Waals surface area contributed by atoms with Crippen LogP contribution >= 0.6 is 7.82 Å². The lowest BCUT2D eigenvalue weighted by Crippen LogP contribution is -2.29. The summed E-state index contributed by atoms with van der Waals surface area (Å²) in [6, 6.07) is 0. The van der Waals surface area contributed by atoms with Crippen molar-refractivity contribution < 1.29 is 23.8 Å². The molecule has 0 aliphatic rings. The van der Waals surface area contributed by atoms with Gasteiger partial charge in [-0.1, -0.05) is 13.3 Å². The molecule has 0 radical (unpaired) electrons. The Labute approximate surface area is 95.4 Å². The first-order valence-corrected chi connectivity index (χ1v) is 6.56. The SMILES string of the molecule is CCCCn1cc[n+](C)c1C.O=P([O-])(O)O. The first-order chi connectivity index (χ1) is 7.25. The van der Waals surface area contributed by atoms with Gasteiger partial charge in [-0.2, -0.15) is 0 Å². The van der Waals surface area contributed by atoms with Gasteiger partial charge in [0.15, 0.2) is 0 Å². The summed E-state index contributed by atoms with van der Waals surface area (Å²) in [5.74, 6) is 1.33. The number of aromatic nitrogens is 2. The molecule has 0 aliphatic carbocycles. The molecule has 0 unspecified atom stereocenters. The lowest BCUT2D eigenvalue weighted by atomic mass is 10.3. The van der Waals surface area contributed by atoms with Crippen molar-refractivity contribution in [2.75, 3.05) is 0 Å². The fraction of sp³-hybridized carbons (Fsp3) is 0.667. The van der Waals surface area contributed by atoms with Gasteiger partial charge in [0.05, 0.1) is 13.6 Å². The predicted octanol–water partition coefficient (Wildman–Crippen LogP) is -0.139. The Morgan fingerprint density at radius 3 is 2.38 bits per heavy atom. The van der Waals surface area contributed by atoms with Crippen molar-refractivity contribution in [1.82, 2.24) is 4.57 Å². The summed E-state index contributed by atoms with van der Waals surface area (Å²) in [6.45, 7) is 5.53. The van der Waals surface area contributed by atoms with Crippen molar-refractivity contribution in [3.8, 4) is 0 Å². The third-order valence-corrected chi connectivity index (χ3v) is 2.15. The van der Waals surface area contributed by atoms with Gasteiger partial charge in [-0.3, -0.25) is 4.57 Å². The van der Waals surface area contributed by atoms with Gasteiger partial charge in [0.2, 0.25) is 0 Å². The molecule has 0 amide bonds. The Kier molecular flexibility index (Phi) is 6.52. The van der Waals surface area contributed by atoms with Gasteiger partial charge in [0.1, 0.15) is 12.4 Å². The van der Waals surface area contributed by atoms with Crippen LogP contribution in [0.25, 0.3) is 0 Å². The van der Waals surface area contributed by atoms with Gasteiger partial charge in [0.25, 0.3) is 13.6 Å². The molecule has 0 saturated heterocycles. The molecular formula is C9H19N2O4P. The number of imidazole rings is 1. The molecule has 6 nitrogen and oxygen atoms in total. The Balaban J connectivity index is 0.000000385. The number of hydrogen-bond acceptors (Lipinski definition) is 2. The quantitative estimate of drug-likeness (QED) is 0.577. The molecule has 16 heavy (non-hydrogen) atoms. The maximum Gasteiger partial charge on any atom is 0.262 e. The smallest absolute Gasteiger partial charge is 0.262 e. The standard InChI is InChI=1S/C9H17N2.H3O4P/c1-4-5-6-11-8-7-10(3)9(11)2;1-5(2,3)4/h7-8H,4-6H2,1-3H3;(H3,1,2,3,4)/q+1;/p-1. The molecule has 1 rings (SSSR count). The molecule has 0 bridgehead atoms. The van der Waals surface area contributed by atoms with Gasteiger partial charge < -0.3 is 14.7 Å². The molecule has 2 N–H and O–H groups in total. The summed E-state index contributed by atoms with van der Waals surface area (Å²) in [7, 11) is -2.81. The fourth-order valence-corrected chi connectivity index (χ4v) is 1.16. The third kappa shape index (κ3) is 7.59.